The van der Waals surface area contributed by atoms with E-state index >= 15 is 0 Å². The predicted molar refractivity (Wildman–Crippen MR) is 220 cm³/mol. The first-order valence-electron chi connectivity index (χ1n) is 20.9. The Hall–Kier alpha value is -2.39. The molecule has 0 aromatic heterocycles. The van der Waals surface area contributed by atoms with E-state index in [1.807, 2.05) is 19.9 Å². The largest absolute Gasteiger partial charge is 0.456 e. The Morgan fingerprint density at radius 1 is 1.00 bits per heavy atom. The highest BCUT2D eigenvalue weighted by molar-refractivity contribution is 7.81. The quantitative estimate of drug-likeness (QED) is 0.104. The van der Waals surface area contributed by atoms with Gasteiger partial charge in [-0.05, 0) is 95.5 Å². The van der Waals surface area contributed by atoms with Crippen molar-refractivity contribution in [3.8, 4) is 0 Å². The molecule has 0 radical (unpaired) electrons. The van der Waals surface area contributed by atoms with Gasteiger partial charge in [0.05, 0.1) is 18.1 Å². The van der Waals surface area contributed by atoms with Crippen molar-refractivity contribution in [1.29, 1.82) is 0 Å². The van der Waals surface area contributed by atoms with Crippen molar-refractivity contribution in [1.82, 2.24) is 4.90 Å². The number of nitrogens with zero attached hydrogens (tertiary/aromatic N) is 1. The van der Waals surface area contributed by atoms with Crippen LogP contribution in [0.15, 0.2) is 36.0 Å². The molecule has 2 saturated heterocycles. The lowest BCUT2D eigenvalue weighted by Crippen LogP contribution is -2.66. The first-order chi connectivity index (χ1) is 27.0. The number of amides is 1. The van der Waals surface area contributed by atoms with E-state index in [0.29, 0.717) is 37.7 Å². The first kappa shape index (κ1) is 47.3. The Kier molecular flexibility index (Phi) is 17.6. The van der Waals surface area contributed by atoms with Crippen LogP contribution in [0.25, 0.3) is 0 Å². The number of carbonyl (C=O) groups is 4. The van der Waals surface area contributed by atoms with E-state index in [4.69, 9.17) is 31.6 Å². The van der Waals surface area contributed by atoms with E-state index in [9.17, 15) is 29.4 Å². The number of carbonyl (C=O) groups excluding carboxylic acids is 4. The predicted octanol–water partition coefficient (Wildman–Crippen LogP) is 5.09. The minimum Gasteiger partial charge on any atom is -0.456 e. The van der Waals surface area contributed by atoms with E-state index in [1.165, 1.54) is 4.90 Å². The second-order valence-electron chi connectivity index (χ2n) is 17.3. The Morgan fingerprint density at radius 2 is 1.67 bits per heavy atom. The van der Waals surface area contributed by atoms with Crippen LogP contribution in [0.3, 0.4) is 0 Å². The van der Waals surface area contributed by atoms with Gasteiger partial charge in [-0.1, -0.05) is 44.6 Å². The number of aliphatic hydroxyl groups is 4. The second-order valence-corrected chi connectivity index (χ2v) is 18.0. The van der Waals surface area contributed by atoms with Crippen LogP contribution >= 0.6 is 12.6 Å². The van der Waals surface area contributed by atoms with Crippen LogP contribution in [-0.4, -0.2) is 125 Å². The maximum Gasteiger partial charge on any atom is 0.346 e. The number of thiol groups is 1. The van der Waals surface area contributed by atoms with Crippen LogP contribution in [0.1, 0.15) is 105 Å². The van der Waals surface area contributed by atoms with E-state index < -0.39 is 77.8 Å². The Balaban J connectivity index is 1.78. The number of Topliss-reactive ketones (excluding diaryl/α,β-unsaturated/α-hetero) is 2. The number of fused-ring (bicyclic) bond motifs is 3. The molecule has 14 atom stereocenters. The van der Waals surface area contributed by atoms with Crippen LogP contribution in [0.2, 0.25) is 0 Å². The summed E-state index contributed by atoms with van der Waals surface area (Å²) in [4.78, 5) is 58.0. The highest BCUT2D eigenvalue weighted by Gasteiger charge is 2.61. The smallest absolute Gasteiger partial charge is 0.346 e. The number of esters is 1. The average molecular weight is 821 g/mol. The van der Waals surface area contributed by atoms with Gasteiger partial charge in [0.25, 0.3) is 0 Å². The zero-order valence-corrected chi connectivity index (χ0v) is 36.3. The molecule has 0 aromatic rings. The molecule has 322 valence electrons. The highest BCUT2D eigenvalue weighted by atomic mass is 32.1. The molecule has 1 saturated carbocycles. The molecular formula is C44H70NO11S+. The minimum absolute atomic E-state index is 0.0395. The van der Waals surface area contributed by atoms with Gasteiger partial charge in [-0.3, -0.25) is 14.4 Å². The summed E-state index contributed by atoms with van der Waals surface area (Å²) in [5.74, 6) is -7.17. The third-order valence-electron chi connectivity index (χ3n) is 13.0. The van der Waals surface area contributed by atoms with E-state index in [-0.39, 0.29) is 54.8 Å². The number of aliphatic hydroxyl groups excluding tert-OH is 1. The number of cyclic esters (lactones) is 1. The summed E-state index contributed by atoms with van der Waals surface area (Å²) in [5, 5.41) is 23.9. The zero-order chi connectivity index (χ0) is 42.2. The van der Waals surface area contributed by atoms with Crippen LogP contribution < -0.4 is 0 Å². The Morgan fingerprint density at radius 3 is 2.32 bits per heavy atom. The van der Waals surface area contributed by atoms with E-state index in [0.717, 1.165) is 24.8 Å². The van der Waals surface area contributed by atoms with Crippen molar-refractivity contribution in [2.45, 2.75) is 159 Å². The molecule has 1 amide bonds. The molecule has 3 N–H and O–H groups in total. The van der Waals surface area contributed by atoms with Crippen LogP contribution in [0.4, 0.5) is 0 Å². The van der Waals surface area contributed by atoms with Gasteiger partial charge in [-0.25, -0.2) is 4.79 Å². The van der Waals surface area contributed by atoms with E-state index in [2.05, 4.69) is 24.3 Å². The van der Waals surface area contributed by atoms with Crippen molar-refractivity contribution < 1.29 is 53.1 Å². The summed E-state index contributed by atoms with van der Waals surface area (Å²) in [6.07, 6.45) is 7.19. The van der Waals surface area contributed by atoms with Gasteiger partial charge in [-0.2, -0.15) is 12.6 Å². The standard InChI is InChI=1S/C44H69NO11S/c1-10-13-31-19-25(2)18-26(3)20-36(53-8)40-37(54-9)22-28(5)44(51,56-40)41(48)42(49)45-17-12-11-14-32(45)43(50)55-39(29(6)33(46)24-34(31)47)27(4)21-30-15-16-38(57)35(23-30)52-7/h10,19,21,26,28-33,35-40,46,51,57H,1,11-18,20,22-24H2,2-9H3/p+1/b25-19+,27-21+/t26-,28+,29+,30-,31+,32-,33-,35+,36-,37-,38?,39+,40?,44+/m0/s1. The molecule has 57 heavy (non-hydrogen) atoms. The topological polar surface area (TPSA) is 162 Å². The van der Waals surface area contributed by atoms with Gasteiger partial charge in [0.1, 0.15) is 30.1 Å². The molecule has 12 nitrogen and oxygen atoms in total. The molecule has 2 bridgehead atoms. The van der Waals surface area contributed by atoms with Crippen molar-refractivity contribution in [2.75, 3.05) is 27.9 Å². The van der Waals surface area contributed by atoms with Crippen LogP contribution in [0, 0.1) is 29.6 Å². The van der Waals surface area contributed by atoms with Crippen molar-refractivity contribution in [3.63, 3.8) is 0 Å². The van der Waals surface area contributed by atoms with E-state index in [1.54, 1.807) is 41.3 Å². The molecule has 3 heterocycles. The summed E-state index contributed by atoms with van der Waals surface area (Å²) >= 11 is 4.70. The highest BCUT2D eigenvalue weighted by Crippen LogP contribution is 2.38. The third-order valence-corrected chi connectivity index (χ3v) is 13.6. The third kappa shape index (κ3) is 11.5. The van der Waals surface area contributed by atoms with Gasteiger partial charge in [0.2, 0.25) is 6.10 Å². The summed E-state index contributed by atoms with van der Waals surface area (Å²) in [6, 6.07) is -1.11. The SMILES string of the molecule is C=CC[C@@H]1/C=C(\C)C[C@H](C)C[C@H](OC)C2[OH+][C@@](O)(C(=O)C(=O)N3CCCC[C@H]3C(=O)O[C@H](/C(C)=C/[C@@H]3CCC(S)[C@H](OC)C3)[C@H](C)[C@@H](O)CC1=O)[C@H](C)C[C@@H]2OC. The summed E-state index contributed by atoms with van der Waals surface area (Å²) < 4.78 is 28.5. The summed E-state index contributed by atoms with van der Waals surface area (Å²) in [6.45, 7) is 13.3. The number of rotatable bonds is 7. The maximum absolute atomic E-state index is 14.3. The molecule has 1 aliphatic carbocycles. The van der Waals surface area contributed by atoms with Gasteiger partial charge in [0.15, 0.2) is 0 Å². The van der Waals surface area contributed by atoms with Gasteiger partial charge in [-0.15, -0.1) is 6.58 Å². The number of methoxy groups -OCH3 is 3. The number of piperidine rings is 1. The fourth-order valence-corrected chi connectivity index (χ4v) is 9.90. The minimum atomic E-state index is -2.37. The second kappa shape index (κ2) is 21.2. The van der Waals surface area contributed by atoms with Crippen molar-refractivity contribution >= 4 is 36.1 Å². The molecule has 0 spiro atoms. The maximum atomic E-state index is 14.3. The van der Waals surface area contributed by atoms with Gasteiger partial charge < -0.3 is 38.8 Å². The molecule has 4 rings (SSSR count). The van der Waals surface area contributed by atoms with Crippen molar-refractivity contribution in [2.24, 2.45) is 29.6 Å². The molecule has 3 aliphatic heterocycles. The normalized spacial score (nSPS) is 41.0. The molecule has 2 unspecified atom stereocenters. The average Bonchev–Trinajstić information content (AvgIpc) is 3.18. The molecule has 13 heteroatoms. The summed E-state index contributed by atoms with van der Waals surface area (Å²) in [5.41, 5.74) is 1.69. The molecular weight excluding hydrogens is 751 g/mol. The number of hydrogen-bond donors (Lipinski definition) is 3. The van der Waals surface area contributed by atoms with Gasteiger partial charge >= 0.3 is 23.4 Å². The fourth-order valence-electron chi connectivity index (χ4n) is 9.51. The Bertz CT molecular complexity index is 1480. The summed E-state index contributed by atoms with van der Waals surface area (Å²) in [7, 11) is 4.78. The van der Waals surface area contributed by atoms with Crippen LogP contribution in [0.5, 0.6) is 0 Å². The number of ketones is 2. The van der Waals surface area contributed by atoms with Gasteiger partial charge in [0, 0.05) is 51.4 Å². The number of hydrogen-bond acceptors (Lipinski definition) is 11. The van der Waals surface area contributed by atoms with Crippen LogP contribution in [-0.2, 0) is 38.1 Å². The number of ether oxygens (including phenoxy) is 5. The first-order valence-corrected chi connectivity index (χ1v) is 21.4. The number of allylic oxidation sites excluding steroid dienone is 4. The molecule has 0 aromatic carbocycles. The lowest BCUT2D eigenvalue weighted by Gasteiger charge is -2.43. The Labute approximate surface area is 345 Å². The monoisotopic (exact) mass is 820 g/mol. The lowest BCUT2D eigenvalue weighted by molar-refractivity contribution is -0.381. The molecule has 4 aliphatic rings. The fraction of sp³-hybridized carbons (Fsp3) is 0.773. The molecule has 3 fully saturated rings. The van der Waals surface area contributed by atoms with Crippen molar-refractivity contribution in [3.05, 3.63) is 36.0 Å². The zero-order valence-electron chi connectivity index (χ0n) is 35.4. The lowest BCUT2D eigenvalue weighted by atomic mass is 9.82.